The summed E-state index contributed by atoms with van der Waals surface area (Å²) in [7, 11) is 3.11. The number of carbonyl (C=O) groups is 1. The predicted octanol–water partition coefficient (Wildman–Crippen LogP) is 0.947. The number of nitro benzene ring substituents is 1. The molecule has 0 aromatic heterocycles. The van der Waals surface area contributed by atoms with Crippen LogP contribution < -0.4 is 10.4 Å². The van der Waals surface area contributed by atoms with Gasteiger partial charge in [-0.25, -0.2) is 5.48 Å². The van der Waals surface area contributed by atoms with Crippen LogP contribution in [-0.2, 0) is 4.99 Å². The summed E-state index contributed by atoms with van der Waals surface area (Å²) in [6.07, 6.45) is 0. The Morgan fingerprint density at radius 2 is 2.18 bits per heavy atom. The molecule has 0 bridgehead atoms. The van der Waals surface area contributed by atoms with Crippen molar-refractivity contribution in [2.75, 3.05) is 19.6 Å². The van der Waals surface area contributed by atoms with Gasteiger partial charge in [-0.15, -0.1) is 0 Å². The summed E-state index contributed by atoms with van der Waals surface area (Å²) in [6.45, 7) is 0. The summed E-state index contributed by atoms with van der Waals surface area (Å²) in [6, 6.07) is 2.55. The van der Waals surface area contributed by atoms with E-state index in [2.05, 4.69) is 15.4 Å². The maximum Gasteiger partial charge on any atom is 0.299 e. The zero-order chi connectivity index (χ0) is 12.6. The van der Waals surface area contributed by atoms with Gasteiger partial charge in [0.2, 0.25) is 5.75 Å². The van der Waals surface area contributed by atoms with Crippen molar-refractivity contribution in [2.24, 2.45) is 0 Å². The molecule has 0 radical (unpaired) electrons. The van der Waals surface area contributed by atoms with E-state index in [1.165, 1.54) is 17.0 Å². The van der Waals surface area contributed by atoms with Gasteiger partial charge < -0.3 is 9.79 Å². The second kappa shape index (κ2) is 3.91. The van der Waals surface area contributed by atoms with Crippen molar-refractivity contribution in [3.05, 3.63) is 27.8 Å². The zero-order valence-electron chi connectivity index (χ0n) is 9.09. The van der Waals surface area contributed by atoms with Crippen molar-refractivity contribution >= 4 is 17.3 Å². The Morgan fingerprint density at radius 1 is 1.47 bits per heavy atom. The van der Waals surface area contributed by atoms with Crippen LogP contribution in [0.1, 0.15) is 10.4 Å². The SMILES string of the molecule is CN(C)C(=O)c1cc2c(c([N+](=O)[O-])c1)NOO2. The van der Waals surface area contributed by atoms with Crippen LogP contribution in [0, 0.1) is 10.1 Å². The molecule has 8 heteroatoms. The topological polar surface area (TPSA) is 93.9 Å². The minimum atomic E-state index is -0.615. The van der Waals surface area contributed by atoms with Gasteiger partial charge in [-0.2, -0.15) is 0 Å². The highest BCUT2D eigenvalue weighted by Crippen LogP contribution is 2.39. The molecule has 0 saturated carbocycles. The molecule has 0 saturated heterocycles. The van der Waals surface area contributed by atoms with E-state index in [4.69, 9.17) is 0 Å². The number of fused-ring (bicyclic) bond motifs is 1. The number of nitrogens with zero attached hydrogens (tertiary/aromatic N) is 2. The molecular weight excluding hydrogens is 230 g/mol. The molecule has 17 heavy (non-hydrogen) atoms. The third-order valence-electron chi connectivity index (χ3n) is 2.21. The molecule has 0 spiro atoms. The minimum absolute atomic E-state index is 0.102. The first-order valence-corrected chi connectivity index (χ1v) is 4.64. The zero-order valence-corrected chi connectivity index (χ0v) is 9.09. The van der Waals surface area contributed by atoms with Gasteiger partial charge in [0.25, 0.3) is 11.6 Å². The van der Waals surface area contributed by atoms with Crippen LogP contribution in [0.4, 0.5) is 11.4 Å². The molecule has 1 N–H and O–H groups in total. The molecular formula is C9H9N3O5. The van der Waals surface area contributed by atoms with E-state index in [0.29, 0.717) is 0 Å². The second-order valence-corrected chi connectivity index (χ2v) is 3.59. The molecule has 0 atom stereocenters. The first kappa shape index (κ1) is 11.1. The molecule has 90 valence electrons. The number of anilines is 1. The van der Waals surface area contributed by atoms with Gasteiger partial charge in [0.15, 0.2) is 5.69 Å². The van der Waals surface area contributed by atoms with Gasteiger partial charge in [-0.3, -0.25) is 14.9 Å². The first-order chi connectivity index (χ1) is 8.00. The molecule has 1 aromatic carbocycles. The fourth-order valence-electron chi connectivity index (χ4n) is 1.40. The van der Waals surface area contributed by atoms with E-state index in [-0.39, 0.29) is 28.6 Å². The first-order valence-electron chi connectivity index (χ1n) is 4.64. The quantitative estimate of drug-likeness (QED) is 0.469. The maximum atomic E-state index is 11.7. The number of rotatable bonds is 2. The Hall–Kier alpha value is -2.35. The maximum absolute atomic E-state index is 11.7. The van der Waals surface area contributed by atoms with Crippen LogP contribution in [0.5, 0.6) is 5.75 Å². The molecule has 1 aromatic rings. The molecule has 1 aliphatic rings. The number of benzene rings is 1. The van der Waals surface area contributed by atoms with E-state index in [0.717, 1.165) is 0 Å². The van der Waals surface area contributed by atoms with Crippen molar-refractivity contribution in [3.8, 4) is 5.75 Å². The van der Waals surface area contributed by atoms with Crippen LogP contribution in [-0.4, -0.2) is 29.8 Å². The normalized spacial score (nSPS) is 12.4. The standard InChI is InChI=1S/C9H9N3O5/c1-11(2)9(13)5-3-6(12(14)15)8-7(4-5)16-17-10-8/h3-4,10H,1-2H3. The third-order valence-corrected chi connectivity index (χ3v) is 2.21. The Balaban J connectivity index is 2.54. The molecule has 1 amide bonds. The van der Waals surface area contributed by atoms with Crippen molar-refractivity contribution in [2.45, 2.75) is 0 Å². The van der Waals surface area contributed by atoms with E-state index < -0.39 is 4.92 Å². The fraction of sp³-hybridized carbons (Fsp3) is 0.222. The fourth-order valence-corrected chi connectivity index (χ4v) is 1.40. The Bertz CT molecular complexity index is 500. The molecule has 1 aliphatic heterocycles. The highest BCUT2D eigenvalue weighted by atomic mass is 17.3. The van der Waals surface area contributed by atoms with Crippen LogP contribution in [0.15, 0.2) is 12.1 Å². The lowest BCUT2D eigenvalue weighted by atomic mass is 10.1. The van der Waals surface area contributed by atoms with Gasteiger partial charge in [-0.05, 0) is 6.07 Å². The Kier molecular flexibility index (Phi) is 2.56. The Labute approximate surface area is 95.8 Å². The van der Waals surface area contributed by atoms with Gasteiger partial charge >= 0.3 is 0 Å². The lowest BCUT2D eigenvalue weighted by Crippen LogP contribution is -2.21. The lowest BCUT2D eigenvalue weighted by molar-refractivity contribution is -0.384. The van der Waals surface area contributed by atoms with Crippen LogP contribution in [0.25, 0.3) is 0 Å². The number of hydrogen-bond donors (Lipinski definition) is 1. The number of hydrogen-bond acceptors (Lipinski definition) is 6. The van der Waals surface area contributed by atoms with Crippen molar-refractivity contribution in [1.29, 1.82) is 0 Å². The largest absolute Gasteiger partial charge is 0.345 e. The summed E-state index contributed by atoms with van der Waals surface area (Å²) in [4.78, 5) is 32.3. The number of nitro groups is 1. The van der Waals surface area contributed by atoms with Crippen LogP contribution >= 0.6 is 0 Å². The Morgan fingerprint density at radius 3 is 2.76 bits per heavy atom. The van der Waals surface area contributed by atoms with Crippen LogP contribution in [0.3, 0.4) is 0 Å². The molecule has 1 heterocycles. The second-order valence-electron chi connectivity index (χ2n) is 3.59. The summed E-state index contributed by atoms with van der Waals surface area (Å²) >= 11 is 0. The summed E-state index contributed by atoms with van der Waals surface area (Å²) in [5, 5.41) is 10.8. The molecule has 2 rings (SSSR count). The van der Waals surface area contributed by atoms with Crippen molar-refractivity contribution in [3.63, 3.8) is 0 Å². The van der Waals surface area contributed by atoms with Gasteiger partial charge in [0.1, 0.15) is 0 Å². The van der Waals surface area contributed by atoms with E-state index in [1.54, 1.807) is 14.1 Å². The average molecular weight is 239 g/mol. The lowest BCUT2D eigenvalue weighted by Gasteiger charge is -2.10. The van der Waals surface area contributed by atoms with Gasteiger partial charge in [0.05, 0.1) is 10.5 Å². The number of carbonyl (C=O) groups excluding carboxylic acids is 1. The van der Waals surface area contributed by atoms with Gasteiger partial charge in [0, 0.05) is 20.2 Å². The minimum Gasteiger partial charge on any atom is -0.345 e. The summed E-state index contributed by atoms with van der Waals surface area (Å²) in [5.74, 6) is -0.240. The molecule has 0 unspecified atom stereocenters. The van der Waals surface area contributed by atoms with Crippen molar-refractivity contribution < 1.29 is 19.6 Å². The van der Waals surface area contributed by atoms with Crippen LogP contribution in [0.2, 0.25) is 0 Å². The van der Waals surface area contributed by atoms with E-state index in [1.807, 2.05) is 0 Å². The number of amides is 1. The van der Waals surface area contributed by atoms with E-state index in [9.17, 15) is 14.9 Å². The van der Waals surface area contributed by atoms with E-state index >= 15 is 0 Å². The highest BCUT2D eigenvalue weighted by molar-refractivity contribution is 5.96. The summed E-state index contributed by atoms with van der Waals surface area (Å²) in [5.41, 5.74) is 2.25. The molecule has 0 fully saturated rings. The summed E-state index contributed by atoms with van der Waals surface area (Å²) < 4.78 is 0. The van der Waals surface area contributed by atoms with Gasteiger partial charge in [-0.1, -0.05) is 4.99 Å². The number of nitrogens with one attached hydrogen (secondary N) is 1. The average Bonchev–Trinajstić information content (AvgIpc) is 2.73. The highest BCUT2D eigenvalue weighted by Gasteiger charge is 2.28. The molecule has 8 nitrogen and oxygen atoms in total. The van der Waals surface area contributed by atoms with Crippen molar-refractivity contribution in [1.82, 2.24) is 4.90 Å². The predicted molar refractivity (Wildman–Crippen MR) is 56.4 cm³/mol. The third kappa shape index (κ3) is 1.85. The monoisotopic (exact) mass is 239 g/mol. The smallest absolute Gasteiger partial charge is 0.299 e. The molecule has 0 aliphatic carbocycles.